The molecule has 0 aliphatic heterocycles. The predicted molar refractivity (Wildman–Crippen MR) is 160 cm³/mol. The molecular formula is C31H42F2N6. The molecule has 0 bridgehead atoms. The van der Waals surface area contributed by atoms with Crippen LogP contribution >= 0.6 is 0 Å². The van der Waals surface area contributed by atoms with Gasteiger partial charge in [-0.1, -0.05) is 56.0 Å². The van der Waals surface area contributed by atoms with Crippen molar-refractivity contribution in [1.82, 2.24) is 14.9 Å². The number of alkyl halides is 1. The third-order valence-corrected chi connectivity index (χ3v) is 6.11. The molecule has 0 fully saturated rings. The molecule has 210 valence electrons. The monoisotopic (exact) mass is 536 g/mol. The first-order chi connectivity index (χ1) is 18.5. The minimum Gasteiger partial charge on any atom is -0.385 e. The van der Waals surface area contributed by atoms with Crippen molar-refractivity contribution in [3.05, 3.63) is 96.4 Å². The number of benzene rings is 1. The highest BCUT2D eigenvalue weighted by Crippen LogP contribution is 2.26. The molecule has 1 aromatic carbocycles. The van der Waals surface area contributed by atoms with E-state index in [0.717, 1.165) is 49.6 Å². The second kappa shape index (κ2) is 15.7. The van der Waals surface area contributed by atoms with E-state index in [1.54, 1.807) is 32.3 Å². The first-order valence-corrected chi connectivity index (χ1v) is 13.2. The van der Waals surface area contributed by atoms with Crippen molar-refractivity contribution in [2.45, 2.75) is 77.7 Å². The normalized spacial score (nSPS) is 13.5. The Morgan fingerprint density at radius 3 is 2.72 bits per heavy atom. The van der Waals surface area contributed by atoms with Gasteiger partial charge in [-0.2, -0.15) is 0 Å². The Morgan fingerprint density at radius 1 is 1.28 bits per heavy atom. The molecule has 8 heteroatoms. The van der Waals surface area contributed by atoms with Gasteiger partial charge in [-0.15, -0.1) is 0 Å². The van der Waals surface area contributed by atoms with Gasteiger partial charge < -0.3 is 15.6 Å². The van der Waals surface area contributed by atoms with Gasteiger partial charge in [0.15, 0.2) is 5.82 Å². The zero-order valence-corrected chi connectivity index (χ0v) is 23.5. The van der Waals surface area contributed by atoms with Gasteiger partial charge in [0.05, 0.1) is 6.33 Å². The lowest BCUT2D eigenvalue weighted by molar-refractivity contribution is 0.221. The fraction of sp³-hybridized carbons (Fsp3) is 0.387. The highest BCUT2D eigenvalue weighted by atomic mass is 19.1. The number of hydrogen-bond acceptors (Lipinski definition) is 4. The predicted octanol–water partition coefficient (Wildman–Crippen LogP) is 7.69. The SMILES string of the molecule is C=C/C(F)=C\C=C/C/C(N=C)=N/c1c(C(C)N)ncn1CCCCCC(=C)NCc1cccc(C(C)(C)F)c1. The van der Waals surface area contributed by atoms with Crippen molar-refractivity contribution in [3.8, 4) is 0 Å². The van der Waals surface area contributed by atoms with Gasteiger partial charge in [-0.25, -0.2) is 23.7 Å². The smallest absolute Gasteiger partial charge is 0.159 e. The number of aromatic nitrogens is 2. The minimum atomic E-state index is -1.36. The van der Waals surface area contributed by atoms with Gasteiger partial charge in [0.25, 0.3) is 0 Å². The van der Waals surface area contributed by atoms with Crippen molar-refractivity contribution in [2.24, 2.45) is 15.7 Å². The van der Waals surface area contributed by atoms with Crippen molar-refractivity contribution < 1.29 is 8.78 Å². The van der Waals surface area contributed by atoms with Crippen LogP contribution in [-0.4, -0.2) is 22.1 Å². The molecule has 0 saturated carbocycles. The van der Waals surface area contributed by atoms with E-state index in [0.29, 0.717) is 35.9 Å². The number of amidine groups is 1. The molecule has 0 amide bonds. The molecule has 2 rings (SSSR count). The van der Waals surface area contributed by atoms with Crippen LogP contribution in [0.25, 0.3) is 0 Å². The molecule has 0 aliphatic rings. The van der Waals surface area contributed by atoms with Gasteiger partial charge >= 0.3 is 0 Å². The summed E-state index contributed by atoms with van der Waals surface area (Å²) in [5, 5.41) is 3.35. The van der Waals surface area contributed by atoms with Crippen LogP contribution in [0, 0.1) is 0 Å². The Bertz CT molecular complexity index is 1200. The number of unbranched alkanes of at least 4 members (excludes halogenated alkanes) is 2. The van der Waals surface area contributed by atoms with Gasteiger partial charge in [0.1, 0.15) is 23.0 Å². The van der Waals surface area contributed by atoms with Crippen LogP contribution < -0.4 is 11.1 Å². The quantitative estimate of drug-likeness (QED) is 0.0999. The number of nitrogens with two attached hydrogens (primary N) is 1. The Labute approximate surface area is 231 Å². The van der Waals surface area contributed by atoms with Crippen molar-refractivity contribution in [1.29, 1.82) is 0 Å². The molecule has 1 heterocycles. The highest BCUT2D eigenvalue weighted by Gasteiger charge is 2.18. The van der Waals surface area contributed by atoms with Crippen molar-refractivity contribution in [2.75, 3.05) is 0 Å². The Kier molecular flexibility index (Phi) is 12.7. The van der Waals surface area contributed by atoms with Gasteiger partial charge in [-0.3, -0.25) is 0 Å². The summed E-state index contributed by atoms with van der Waals surface area (Å²) < 4.78 is 29.4. The first kappa shape index (κ1) is 31.6. The Morgan fingerprint density at radius 2 is 2.05 bits per heavy atom. The Balaban J connectivity index is 1.88. The number of aliphatic imine (C=N–C) groups is 2. The van der Waals surface area contributed by atoms with Gasteiger partial charge in [0, 0.05) is 31.2 Å². The number of imidazole rings is 1. The van der Waals surface area contributed by atoms with E-state index in [1.807, 2.05) is 35.8 Å². The van der Waals surface area contributed by atoms with E-state index in [9.17, 15) is 8.78 Å². The van der Waals surface area contributed by atoms with E-state index in [1.165, 1.54) is 6.08 Å². The molecule has 0 radical (unpaired) electrons. The molecule has 1 atom stereocenters. The third-order valence-electron chi connectivity index (χ3n) is 6.11. The van der Waals surface area contributed by atoms with E-state index in [4.69, 9.17) is 5.73 Å². The van der Waals surface area contributed by atoms with E-state index in [-0.39, 0.29) is 6.04 Å². The topological polar surface area (TPSA) is 80.6 Å². The average molecular weight is 537 g/mol. The summed E-state index contributed by atoms with van der Waals surface area (Å²) >= 11 is 0. The lowest BCUT2D eigenvalue weighted by atomic mass is 9.98. The van der Waals surface area contributed by atoms with Crippen LogP contribution in [-0.2, 0) is 18.8 Å². The largest absolute Gasteiger partial charge is 0.385 e. The summed E-state index contributed by atoms with van der Waals surface area (Å²) in [6.45, 7) is 17.5. The fourth-order valence-corrected chi connectivity index (χ4v) is 3.83. The minimum absolute atomic E-state index is 0.290. The van der Waals surface area contributed by atoms with Crippen LogP contribution in [0.3, 0.4) is 0 Å². The number of aryl methyl sites for hydroxylation is 1. The maximum Gasteiger partial charge on any atom is 0.159 e. The molecule has 6 nitrogen and oxygen atoms in total. The number of nitrogens with zero attached hydrogens (tertiary/aromatic N) is 4. The maximum atomic E-state index is 14.2. The number of rotatable bonds is 16. The summed E-state index contributed by atoms with van der Waals surface area (Å²) in [4.78, 5) is 13.2. The van der Waals surface area contributed by atoms with Gasteiger partial charge in [0.2, 0.25) is 0 Å². The molecule has 0 saturated heterocycles. The van der Waals surface area contributed by atoms with E-state index >= 15 is 0 Å². The highest BCUT2D eigenvalue weighted by molar-refractivity contribution is 5.89. The lowest BCUT2D eigenvalue weighted by Crippen LogP contribution is -2.14. The number of halogens is 2. The number of nitrogens with one attached hydrogen (secondary N) is 1. The van der Waals surface area contributed by atoms with Gasteiger partial charge in [-0.05, 0) is 70.0 Å². The standard InChI is InChI=1S/C31H42F2N6/c1-7-27(32)17-10-11-18-28(35-6)38-30-29(24(3)34)37-22-39(30)19-12-8-9-14-23(2)36-21-25-15-13-16-26(20-25)31(4,5)33/h7,10-11,13,15-17,20,22,24,36H,1-2,6,8-9,12,14,18-19,21,34H2,3-5H3/b11-10-,27-17+,38-28-. The summed E-state index contributed by atoms with van der Waals surface area (Å²) in [5.41, 5.74) is 8.12. The van der Waals surface area contributed by atoms with Crippen LogP contribution in [0.2, 0.25) is 0 Å². The second-order valence-corrected chi connectivity index (χ2v) is 9.95. The van der Waals surface area contributed by atoms with E-state index in [2.05, 4.69) is 40.2 Å². The molecule has 1 aromatic heterocycles. The van der Waals surface area contributed by atoms with E-state index < -0.39 is 11.5 Å². The van der Waals surface area contributed by atoms with Crippen LogP contribution in [0.4, 0.5) is 14.6 Å². The molecular weight excluding hydrogens is 494 g/mol. The number of allylic oxidation sites excluding steroid dienone is 5. The summed E-state index contributed by atoms with van der Waals surface area (Å²) in [6.07, 6.45) is 11.7. The van der Waals surface area contributed by atoms with Crippen molar-refractivity contribution >= 4 is 18.4 Å². The summed E-state index contributed by atoms with van der Waals surface area (Å²) in [5.74, 6) is 0.740. The zero-order chi connectivity index (χ0) is 28.8. The van der Waals surface area contributed by atoms with Crippen LogP contribution in [0.5, 0.6) is 0 Å². The molecule has 2 aromatic rings. The first-order valence-electron chi connectivity index (χ1n) is 13.2. The maximum absolute atomic E-state index is 14.2. The lowest BCUT2D eigenvalue weighted by Gasteiger charge is -2.16. The fourth-order valence-electron chi connectivity index (χ4n) is 3.83. The molecule has 39 heavy (non-hydrogen) atoms. The summed E-state index contributed by atoms with van der Waals surface area (Å²) in [6, 6.07) is 7.28. The third kappa shape index (κ3) is 10.9. The van der Waals surface area contributed by atoms with Crippen molar-refractivity contribution in [3.63, 3.8) is 0 Å². The second-order valence-electron chi connectivity index (χ2n) is 9.95. The molecule has 3 N–H and O–H groups in total. The molecule has 1 unspecified atom stereocenters. The number of hydrogen-bond donors (Lipinski definition) is 2. The zero-order valence-electron chi connectivity index (χ0n) is 23.5. The van der Waals surface area contributed by atoms with Crippen LogP contribution in [0.15, 0.2) is 89.6 Å². The van der Waals surface area contributed by atoms with Crippen LogP contribution in [0.1, 0.15) is 75.7 Å². The molecule has 0 spiro atoms. The molecule has 0 aliphatic carbocycles. The Hall–Kier alpha value is -3.65. The summed E-state index contributed by atoms with van der Waals surface area (Å²) in [7, 11) is 0. The average Bonchev–Trinajstić information content (AvgIpc) is 3.30.